The second-order valence-corrected chi connectivity index (χ2v) is 7.83. The lowest BCUT2D eigenvalue weighted by atomic mass is 10.0. The number of rotatable bonds is 19. The molecule has 154 valence electrons. The molecular formula is C21H46BrNO2. The Balaban J connectivity index is 0. The number of hydrogen-bond donors (Lipinski definition) is 2. The average Bonchev–Trinajstić information content (AvgIpc) is 2.55. The van der Waals surface area contributed by atoms with Gasteiger partial charge in [0.05, 0.1) is 26.8 Å². The normalized spacial score (nSPS) is 11.5. The Bertz CT molecular complexity index is 246. The molecule has 2 N–H and O–H groups in total. The Morgan fingerprint density at radius 2 is 0.840 bits per heavy atom. The molecule has 0 unspecified atom stereocenters. The topological polar surface area (TPSA) is 40.5 Å². The first kappa shape index (κ1) is 27.6. The fourth-order valence-corrected chi connectivity index (χ4v) is 3.51. The minimum Gasteiger partial charge on any atom is -1.00 e. The molecule has 25 heavy (non-hydrogen) atoms. The van der Waals surface area contributed by atoms with Gasteiger partial charge in [0, 0.05) is 0 Å². The van der Waals surface area contributed by atoms with Crippen LogP contribution >= 0.6 is 0 Å². The maximum absolute atomic E-state index is 9.15. The van der Waals surface area contributed by atoms with E-state index in [1.54, 1.807) is 0 Å². The molecule has 0 heterocycles. The van der Waals surface area contributed by atoms with E-state index in [2.05, 4.69) is 14.0 Å². The molecule has 0 aromatic rings. The fraction of sp³-hybridized carbons (Fsp3) is 1.00. The Morgan fingerprint density at radius 3 is 1.16 bits per heavy atom. The van der Waals surface area contributed by atoms with Crippen molar-refractivity contribution in [1.29, 1.82) is 0 Å². The van der Waals surface area contributed by atoms with Crippen molar-refractivity contribution >= 4 is 0 Å². The molecule has 0 aliphatic rings. The highest BCUT2D eigenvalue weighted by molar-refractivity contribution is 4.50. The third-order valence-corrected chi connectivity index (χ3v) is 5.33. The first-order valence-corrected chi connectivity index (χ1v) is 10.7. The van der Waals surface area contributed by atoms with Gasteiger partial charge < -0.3 is 31.7 Å². The van der Waals surface area contributed by atoms with Gasteiger partial charge in [0.25, 0.3) is 0 Å². The lowest BCUT2D eigenvalue weighted by Crippen LogP contribution is -3.00. The number of likely N-dealkylation sites (N-methyl/N-ethyl adjacent to an activating group) is 1. The van der Waals surface area contributed by atoms with Gasteiger partial charge in [-0.1, -0.05) is 84.0 Å². The molecule has 0 rings (SSSR count). The van der Waals surface area contributed by atoms with Gasteiger partial charge in [-0.15, -0.1) is 0 Å². The minimum atomic E-state index is 0. The molecule has 0 aliphatic carbocycles. The van der Waals surface area contributed by atoms with Crippen LogP contribution in [0.5, 0.6) is 0 Å². The molecule has 0 aliphatic heterocycles. The molecule has 0 bridgehead atoms. The van der Waals surface area contributed by atoms with Crippen LogP contribution in [0.1, 0.15) is 96.8 Å². The van der Waals surface area contributed by atoms with Crippen LogP contribution in [-0.4, -0.2) is 54.6 Å². The van der Waals surface area contributed by atoms with Crippen LogP contribution in [0.4, 0.5) is 0 Å². The van der Waals surface area contributed by atoms with Gasteiger partial charge in [0.2, 0.25) is 0 Å². The summed E-state index contributed by atoms with van der Waals surface area (Å²) in [4.78, 5) is 0. The molecule has 0 fully saturated rings. The number of quaternary nitrogens is 1. The van der Waals surface area contributed by atoms with Crippen LogP contribution in [0.2, 0.25) is 0 Å². The zero-order valence-corrected chi connectivity index (χ0v) is 18.7. The molecule has 0 saturated carbocycles. The standard InChI is InChI=1S/C21H46NO2.BrH/c1-3-4-5-6-7-8-9-10-11-12-13-14-15-16-17-22(2,18-20-23)19-21-24;/h23-24H,3-21H2,1-2H3;1H/q+1;/p-1. The highest BCUT2D eigenvalue weighted by Gasteiger charge is 2.19. The van der Waals surface area contributed by atoms with Crippen LogP contribution in [0, 0.1) is 0 Å². The van der Waals surface area contributed by atoms with E-state index in [9.17, 15) is 0 Å². The number of unbranched alkanes of at least 4 members (excludes halogenated alkanes) is 13. The van der Waals surface area contributed by atoms with Crippen molar-refractivity contribution in [2.24, 2.45) is 0 Å². The summed E-state index contributed by atoms with van der Waals surface area (Å²) >= 11 is 0. The van der Waals surface area contributed by atoms with Crippen molar-refractivity contribution in [3.05, 3.63) is 0 Å². The Labute approximate surface area is 168 Å². The van der Waals surface area contributed by atoms with Crippen molar-refractivity contribution in [2.75, 3.05) is 39.9 Å². The van der Waals surface area contributed by atoms with Crippen molar-refractivity contribution in [3.8, 4) is 0 Å². The Kier molecular flexibility index (Phi) is 22.8. The summed E-state index contributed by atoms with van der Waals surface area (Å²) in [7, 11) is 2.15. The summed E-state index contributed by atoms with van der Waals surface area (Å²) in [6, 6.07) is 0. The highest BCUT2D eigenvalue weighted by Crippen LogP contribution is 2.13. The van der Waals surface area contributed by atoms with Crippen molar-refractivity contribution in [2.45, 2.75) is 96.8 Å². The van der Waals surface area contributed by atoms with E-state index in [0.29, 0.717) is 0 Å². The van der Waals surface area contributed by atoms with Gasteiger partial charge in [-0.25, -0.2) is 0 Å². The number of aliphatic hydroxyl groups is 2. The van der Waals surface area contributed by atoms with E-state index in [0.717, 1.165) is 24.1 Å². The van der Waals surface area contributed by atoms with Gasteiger partial charge in [-0.2, -0.15) is 0 Å². The summed E-state index contributed by atoms with van der Waals surface area (Å²) in [5, 5.41) is 18.3. The predicted molar refractivity (Wildman–Crippen MR) is 105 cm³/mol. The van der Waals surface area contributed by atoms with Gasteiger partial charge in [-0.05, 0) is 12.8 Å². The smallest absolute Gasteiger partial charge is 0.102 e. The summed E-state index contributed by atoms with van der Waals surface area (Å²) in [5.74, 6) is 0. The van der Waals surface area contributed by atoms with E-state index >= 15 is 0 Å². The number of aliphatic hydroxyl groups excluding tert-OH is 2. The molecule has 0 saturated heterocycles. The molecule has 0 radical (unpaired) electrons. The zero-order valence-electron chi connectivity index (χ0n) is 17.2. The summed E-state index contributed by atoms with van der Waals surface area (Å²) < 4.78 is 0.811. The van der Waals surface area contributed by atoms with Crippen LogP contribution < -0.4 is 17.0 Å². The first-order valence-electron chi connectivity index (χ1n) is 10.7. The number of nitrogens with zero attached hydrogens (tertiary/aromatic N) is 1. The largest absolute Gasteiger partial charge is 1.00 e. The SMILES string of the molecule is CCCCCCCCCCCCCCCC[N+](C)(CCO)CCO.[Br-]. The highest BCUT2D eigenvalue weighted by atomic mass is 79.9. The Morgan fingerprint density at radius 1 is 0.520 bits per heavy atom. The lowest BCUT2D eigenvalue weighted by molar-refractivity contribution is -0.910. The third-order valence-electron chi connectivity index (χ3n) is 5.33. The monoisotopic (exact) mass is 423 g/mol. The zero-order chi connectivity index (χ0) is 17.9. The van der Waals surface area contributed by atoms with Crippen molar-refractivity contribution in [3.63, 3.8) is 0 Å². The van der Waals surface area contributed by atoms with Gasteiger partial charge in [0.1, 0.15) is 13.1 Å². The molecule has 4 heteroatoms. The average molecular weight is 425 g/mol. The van der Waals surface area contributed by atoms with Crippen molar-refractivity contribution < 1.29 is 31.7 Å². The minimum absolute atomic E-state index is 0. The summed E-state index contributed by atoms with van der Waals surface area (Å²) in [5.41, 5.74) is 0. The lowest BCUT2D eigenvalue weighted by Gasteiger charge is -2.33. The third kappa shape index (κ3) is 18.9. The maximum Gasteiger partial charge on any atom is 0.102 e. The molecular weight excluding hydrogens is 378 g/mol. The summed E-state index contributed by atoms with van der Waals surface area (Å²) in [6.45, 7) is 5.32. The number of halogens is 1. The Hall–Kier alpha value is 0.360. The molecule has 0 atom stereocenters. The molecule has 0 aromatic carbocycles. The van der Waals surface area contributed by atoms with E-state index < -0.39 is 0 Å². The predicted octanol–water partition coefficient (Wildman–Crippen LogP) is 1.90. The van der Waals surface area contributed by atoms with Crippen LogP contribution in [-0.2, 0) is 0 Å². The second kappa shape index (κ2) is 20.7. The van der Waals surface area contributed by atoms with Gasteiger partial charge >= 0.3 is 0 Å². The van der Waals surface area contributed by atoms with Crippen LogP contribution in [0.15, 0.2) is 0 Å². The molecule has 0 aromatic heterocycles. The van der Waals surface area contributed by atoms with Gasteiger partial charge in [-0.3, -0.25) is 0 Å². The van der Waals surface area contributed by atoms with E-state index in [1.165, 1.54) is 89.9 Å². The number of hydrogen-bond acceptors (Lipinski definition) is 2. The van der Waals surface area contributed by atoms with E-state index in [-0.39, 0.29) is 30.2 Å². The van der Waals surface area contributed by atoms with E-state index in [1.807, 2.05) is 0 Å². The summed E-state index contributed by atoms with van der Waals surface area (Å²) in [6.07, 6.45) is 19.4. The molecule has 3 nitrogen and oxygen atoms in total. The van der Waals surface area contributed by atoms with E-state index in [4.69, 9.17) is 10.2 Å². The van der Waals surface area contributed by atoms with Crippen LogP contribution in [0.3, 0.4) is 0 Å². The second-order valence-electron chi connectivity index (χ2n) is 7.83. The molecule has 0 amide bonds. The van der Waals surface area contributed by atoms with Gasteiger partial charge in [0.15, 0.2) is 0 Å². The maximum atomic E-state index is 9.15. The fourth-order valence-electron chi connectivity index (χ4n) is 3.51. The van der Waals surface area contributed by atoms with Crippen LogP contribution in [0.25, 0.3) is 0 Å². The molecule has 0 spiro atoms. The first-order chi connectivity index (χ1) is 11.7. The van der Waals surface area contributed by atoms with Crippen molar-refractivity contribution in [1.82, 2.24) is 0 Å². The quantitative estimate of drug-likeness (QED) is 0.246.